The molecule has 1 amide bonds. The highest BCUT2D eigenvalue weighted by Crippen LogP contribution is 2.23. The van der Waals surface area contributed by atoms with E-state index < -0.39 is 5.60 Å². The average molecular weight is 299 g/mol. The molecule has 116 valence electrons. The Labute approximate surface area is 130 Å². The van der Waals surface area contributed by atoms with Crippen LogP contribution in [0.3, 0.4) is 0 Å². The maximum atomic E-state index is 12.6. The molecular formula is C17H21N3O2. The molecule has 0 bridgehead atoms. The number of para-hydroxylation sites is 1. The van der Waals surface area contributed by atoms with Gasteiger partial charge in [0.25, 0.3) is 5.91 Å². The third-order valence-corrected chi connectivity index (χ3v) is 4.05. The third kappa shape index (κ3) is 2.96. The van der Waals surface area contributed by atoms with Crippen molar-refractivity contribution in [2.45, 2.75) is 12.0 Å². The molecule has 2 aromatic rings. The molecule has 22 heavy (non-hydrogen) atoms. The predicted molar refractivity (Wildman–Crippen MR) is 85.8 cm³/mol. The zero-order chi connectivity index (χ0) is 15.7. The maximum Gasteiger partial charge on any atom is 0.272 e. The second-order valence-corrected chi connectivity index (χ2v) is 6.33. The topological polar surface area (TPSA) is 56.7 Å². The Kier molecular flexibility index (Phi) is 3.85. The van der Waals surface area contributed by atoms with Gasteiger partial charge in [-0.1, -0.05) is 24.3 Å². The van der Waals surface area contributed by atoms with E-state index in [9.17, 15) is 9.90 Å². The van der Waals surface area contributed by atoms with E-state index in [1.165, 1.54) is 0 Å². The van der Waals surface area contributed by atoms with Crippen LogP contribution >= 0.6 is 0 Å². The first-order chi connectivity index (χ1) is 10.5. The quantitative estimate of drug-likeness (QED) is 0.930. The first-order valence-corrected chi connectivity index (χ1v) is 7.49. The number of carbonyl (C=O) groups excluding carboxylic acids is 1. The van der Waals surface area contributed by atoms with Crippen LogP contribution in [0.1, 0.15) is 16.9 Å². The van der Waals surface area contributed by atoms with Crippen molar-refractivity contribution in [1.82, 2.24) is 14.8 Å². The first-order valence-electron chi connectivity index (χ1n) is 7.49. The molecule has 1 aliphatic heterocycles. The van der Waals surface area contributed by atoms with Crippen molar-refractivity contribution in [1.29, 1.82) is 0 Å². The monoisotopic (exact) mass is 299 g/mol. The van der Waals surface area contributed by atoms with Crippen LogP contribution in [-0.4, -0.2) is 65.1 Å². The number of carbonyl (C=O) groups is 1. The van der Waals surface area contributed by atoms with Crippen LogP contribution in [0.2, 0.25) is 0 Å². The number of pyridine rings is 1. The van der Waals surface area contributed by atoms with Gasteiger partial charge in [-0.25, -0.2) is 4.98 Å². The lowest BCUT2D eigenvalue weighted by Crippen LogP contribution is -2.43. The zero-order valence-electron chi connectivity index (χ0n) is 13.0. The molecule has 0 spiro atoms. The number of aliphatic hydroxyl groups is 1. The summed E-state index contributed by atoms with van der Waals surface area (Å²) in [5.74, 6) is -0.111. The number of likely N-dealkylation sites (tertiary alicyclic amines) is 1. The van der Waals surface area contributed by atoms with Crippen molar-refractivity contribution in [2.75, 3.05) is 33.7 Å². The minimum Gasteiger partial charge on any atom is -0.387 e. The van der Waals surface area contributed by atoms with Gasteiger partial charge in [-0.05, 0) is 32.6 Å². The molecule has 0 aliphatic carbocycles. The number of amides is 1. The Morgan fingerprint density at radius 1 is 1.32 bits per heavy atom. The second-order valence-electron chi connectivity index (χ2n) is 6.33. The van der Waals surface area contributed by atoms with E-state index in [2.05, 4.69) is 4.98 Å². The Hall–Kier alpha value is -1.98. The number of fused-ring (bicyclic) bond motifs is 1. The number of benzene rings is 1. The lowest BCUT2D eigenvalue weighted by atomic mass is 10.0. The smallest absolute Gasteiger partial charge is 0.272 e. The molecule has 2 heterocycles. The van der Waals surface area contributed by atoms with E-state index in [1.807, 2.05) is 49.3 Å². The summed E-state index contributed by atoms with van der Waals surface area (Å²) in [5, 5.41) is 11.6. The fourth-order valence-corrected chi connectivity index (χ4v) is 3.09. The van der Waals surface area contributed by atoms with E-state index in [0.29, 0.717) is 31.7 Å². The summed E-state index contributed by atoms with van der Waals surface area (Å²) in [7, 11) is 3.85. The number of rotatable bonds is 3. The zero-order valence-corrected chi connectivity index (χ0v) is 13.0. The summed E-state index contributed by atoms with van der Waals surface area (Å²) in [6.45, 7) is 1.48. The Balaban J connectivity index is 1.79. The van der Waals surface area contributed by atoms with Crippen LogP contribution in [0, 0.1) is 0 Å². The molecule has 3 rings (SSSR count). The number of β-amino-alcohol motifs (C(OH)–C–C–N with tert-alkyl or cyclic N) is 1. The van der Waals surface area contributed by atoms with Crippen LogP contribution in [0.5, 0.6) is 0 Å². The van der Waals surface area contributed by atoms with E-state index in [0.717, 1.165) is 10.9 Å². The van der Waals surface area contributed by atoms with Crippen LogP contribution < -0.4 is 0 Å². The molecule has 1 unspecified atom stereocenters. The third-order valence-electron chi connectivity index (χ3n) is 4.05. The number of nitrogens with zero attached hydrogens (tertiary/aromatic N) is 3. The average Bonchev–Trinajstić information content (AvgIpc) is 2.87. The van der Waals surface area contributed by atoms with Gasteiger partial charge < -0.3 is 14.9 Å². The molecule has 1 fully saturated rings. The summed E-state index contributed by atoms with van der Waals surface area (Å²) in [6.07, 6.45) is 0.602. The first kappa shape index (κ1) is 14.9. The van der Waals surface area contributed by atoms with Gasteiger partial charge in [0.15, 0.2) is 0 Å². The highest BCUT2D eigenvalue weighted by molar-refractivity contribution is 5.95. The molecule has 0 saturated carbocycles. The van der Waals surface area contributed by atoms with Gasteiger partial charge in [-0.15, -0.1) is 0 Å². The minimum absolute atomic E-state index is 0.111. The van der Waals surface area contributed by atoms with Crippen LogP contribution in [0.15, 0.2) is 36.4 Å². The Bertz CT molecular complexity index is 701. The largest absolute Gasteiger partial charge is 0.387 e. The molecule has 5 nitrogen and oxygen atoms in total. The van der Waals surface area contributed by atoms with Gasteiger partial charge in [-0.2, -0.15) is 0 Å². The Morgan fingerprint density at radius 2 is 2.09 bits per heavy atom. The number of aromatic nitrogens is 1. The van der Waals surface area contributed by atoms with Gasteiger partial charge >= 0.3 is 0 Å². The van der Waals surface area contributed by atoms with Gasteiger partial charge in [0.2, 0.25) is 0 Å². The van der Waals surface area contributed by atoms with Crippen LogP contribution in [0.25, 0.3) is 10.9 Å². The normalized spacial score (nSPS) is 21.7. The van der Waals surface area contributed by atoms with Crippen molar-refractivity contribution in [3.63, 3.8) is 0 Å². The molecule has 5 heteroatoms. The fraction of sp³-hybridized carbons (Fsp3) is 0.412. The summed E-state index contributed by atoms with van der Waals surface area (Å²) in [5.41, 5.74) is 0.430. The lowest BCUT2D eigenvalue weighted by molar-refractivity contribution is 0.0235. The van der Waals surface area contributed by atoms with E-state index in [-0.39, 0.29) is 5.91 Å². The SMILES string of the molecule is CN(C)CC1(O)CCN(C(=O)c2ccc3ccccc3n2)C1. The minimum atomic E-state index is -0.823. The van der Waals surface area contributed by atoms with E-state index in [1.54, 1.807) is 11.0 Å². The fourth-order valence-electron chi connectivity index (χ4n) is 3.09. The molecule has 1 aliphatic rings. The predicted octanol–water partition coefficient (Wildman–Crippen LogP) is 1.37. The Morgan fingerprint density at radius 3 is 2.86 bits per heavy atom. The summed E-state index contributed by atoms with van der Waals surface area (Å²) >= 11 is 0. The van der Waals surface area contributed by atoms with Crippen LogP contribution in [0.4, 0.5) is 0 Å². The van der Waals surface area contributed by atoms with Crippen LogP contribution in [-0.2, 0) is 0 Å². The number of hydrogen-bond acceptors (Lipinski definition) is 4. The second kappa shape index (κ2) is 5.66. The number of likely N-dealkylation sites (N-methyl/N-ethyl adjacent to an activating group) is 1. The van der Waals surface area contributed by atoms with Gasteiger partial charge in [0, 0.05) is 18.5 Å². The summed E-state index contributed by atoms with van der Waals surface area (Å²) < 4.78 is 0. The van der Waals surface area contributed by atoms with E-state index in [4.69, 9.17) is 0 Å². The molecule has 0 radical (unpaired) electrons. The summed E-state index contributed by atoms with van der Waals surface area (Å²) in [6, 6.07) is 11.4. The molecule has 1 aromatic carbocycles. The van der Waals surface area contributed by atoms with Crippen molar-refractivity contribution in [2.24, 2.45) is 0 Å². The van der Waals surface area contributed by atoms with Gasteiger partial charge in [-0.3, -0.25) is 4.79 Å². The molecular weight excluding hydrogens is 278 g/mol. The van der Waals surface area contributed by atoms with Crippen molar-refractivity contribution < 1.29 is 9.90 Å². The van der Waals surface area contributed by atoms with Gasteiger partial charge in [0.1, 0.15) is 5.69 Å². The van der Waals surface area contributed by atoms with Crippen molar-refractivity contribution in [3.8, 4) is 0 Å². The molecule has 1 atom stereocenters. The van der Waals surface area contributed by atoms with Crippen molar-refractivity contribution >= 4 is 16.8 Å². The van der Waals surface area contributed by atoms with E-state index >= 15 is 0 Å². The summed E-state index contributed by atoms with van der Waals surface area (Å²) in [4.78, 5) is 20.7. The highest BCUT2D eigenvalue weighted by Gasteiger charge is 2.39. The van der Waals surface area contributed by atoms with Crippen molar-refractivity contribution in [3.05, 3.63) is 42.1 Å². The van der Waals surface area contributed by atoms with Gasteiger partial charge in [0.05, 0.1) is 17.7 Å². The highest BCUT2D eigenvalue weighted by atomic mass is 16.3. The standard InChI is InChI=1S/C17H21N3O2/c1-19(2)11-17(22)9-10-20(12-17)16(21)15-8-7-13-5-3-4-6-14(13)18-15/h3-8,22H,9-12H2,1-2H3. The molecule has 1 saturated heterocycles. The number of hydrogen-bond donors (Lipinski definition) is 1. The molecule has 1 aromatic heterocycles. The molecule has 1 N–H and O–H groups in total. The maximum absolute atomic E-state index is 12.6. The lowest BCUT2D eigenvalue weighted by Gasteiger charge is -2.26.